The first kappa shape index (κ1) is 25.8. The Morgan fingerprint density at radius 1 is 1.21 bits per heavy atom. The largest absolute Gasteiger partial charge is 0.487 e. The van der Waals surface area contributed by atoms with Crippen molar-refractivity contribution in [2.45, 2.75) is 19.1 Å². The number of hydrogen-bond donors (Lipinski definition) is 3. The van der Waals surface area contributed by atoms with E-state index in [1.165, 1.54) is 0 Å². The van der Waals surface area contributed by atoms with Crippen molar-refractivity contribution in [3.63, 3.8) is 0 Å². The smallest absolute Gasteiger partial charge is 0.204 e. The fraction of sp³-hybridized carbons (Fsp3) is 0.192. The van der Waals surface area contributed by atoms with Crippen LogP contribution in [0.3, 0.4) is 0 Å². The van der Waals surface area contributed by atoms with E-state index in [9.17, 15) is 0 Å². The van der Waals surface area contributed by atoms with Crippen molar-refractivity contribution in [2.24, 2.45) is 11.5 Å². The van der Waals surface area contributed by atoms with E-state index in [4.69, 9.17) is 31.6 Å². The highest BCUT2D eigenvalue weighted by Crippen LogP contribution is 2.36. The van der Waals surface area contributed by atoms with Crippen LogP contribution in [-0.4, -0.2) is 25.7 Å². The van der Waals surface area contributed by atoms with Crippen LogP contribution in [0.4, 0.5) is 5.69 Å². The molecule has 5 N–H and O–H groups in total. The average molecular weight is 545 g/mol. The molecule has 6 nitrogen and oxygen atoms in total. The molecule has 8 heteroatoms. The van der Waals surface area contributed by atoms with E-state index in [0.29, 0.717) is 18.2 Å². The van der Waals surface area contributed by atoms with Crippen LogP contribution < -0.4 is 21.5 Å². The highest BCUT2D eigenvalue weighted by molar-refractivity contribution is 9.10. The predicted octanol–water partition coefficient (Wildman–Crippen LogP) is 5.58. The van der Waals surface area contributed by atoms with Crippen LogP contribution in [0.1, 0.15) is 17.5 Å². The third-order valence-corrected chi connectivity index (χ3v) is 6.06. The molecule has 1 heterocycles. The third kappa shape index (κ3) is 6.84. The Bertz CT molecular complexity index is 1130. The van der Waals surface area contributed by atoms with E-state index < -0.39 is 0 Å². The monoisotopic (exact) mass is 543 g/mol. The molecule has 178 valence electrons. The van der Waals surface area contributed by atoms with Crippen molar-refractivity contribution in [1.29, 1.82) is 0 Å². The van der Waals surface area contributed by atoms with Crippen LogP contribution in [0.2, 0.25) is 5.02 Å². The van der Waals surface area contributed by atoms with E-state index in [1.54, 1.807) is 0 Å². The first-order chi connectivity index (χ1) is 16.4. The van der Waals surface area contributed by atoms with E-state index in [2.05, 4.69) is 39.6 Å². The molecule has 0 saturated carbocycles. The summed E-state index contributed by atoms with van der Waals surface area (Å²) in [4.78, 5) is 8.58. The Balaban J connectivity index is 0.00000103. The van der Waals surface area contributed by atoms with Gasteiger partial charge in [0.15, 0.2) is 0 Å². The number of anilines is 1. The topological polar surface area (TPSA) is 99.6 Å². The Labute approximate surface area is 213 Å². The van der Waals surface area contributed by atoms with Crippen LogP contribution >= 0.6 is 27.5 Å². The summed E-state index contributed by atoms with van der Waals surface area (Å²) < 4.78 is 12.8. The van der Waals surface area contributed by atoms with Gasteiger partial charge in [-0.1, -0.05) is 46.2 Å². The lowest BCUT2D eigenvalue weighted by Crippen LogP contribution is -2.17. The van der Waals surface area contributed by atoms with Crippen LogP contribution in [-0.2, 0) is 16.1 Å². The quantitative estimate of drug-likeness (QED) is 0.337. The van der Waals surface area contributed by atoms with Gasteiger partial charge in [-0.3, -0.25) is 4.79 Å². The summed E-state index contributed by atoms with van der Waals surface area (Å²) in [6, 6.07) is 19.9. The minimum Gasteiger partial charge on any atom is -0.487 e. The molecule has 0 bridgehead atoms. The highest BCUT2D eigenvalue weighted by atomic mass is 79.9. The fourth-order valence-corrected chi connectivity index (χ4v) is 4.01. The maximum Gasteiger partial charge on any atom is 0.204 e. The zero-order valence-corrected chi connectivity index (χ0v) is 20.9. The highest BCUT2D eigenvalue weighted by Gasteiger charge is 2.20. The Morgan fingerprint density at radius 3 is 2.59 bits per heavy atom. The lowest BCUT2D eigenvalue weighted by molar-refractivity contribution is -0.106. The fourth-order valence-electron chi connectivity index (χ4n) is 3.52. The first-order valence-corrected chi connectivity index (χ1v) is 11.9. The Hall–Kier alpha value is -2.84. The van der Waals surface area contributed by atoms with Crippen LogP contribution in [0, 0.1) is 0 Å². The molecule has 4 rings (SSSR count). The molecule has 1 unspecified atom stereocenters. The first-order valence-electron chi connectivity index (χ1n) is 10.7. The SMILES string of the molecule is C=C(Nc1ccc(Br)cc1)c1cc(-c2cc(CN)ccc2Cl)ccc1OC1CCOC1.NC=O. The lowest BCUT2D eigenvalue weighted by Gasteiger charge is -2.19. The number of primary amides is 1. The zero-order valence-electron chi connectivity index (χ0n) is 18.6. The van der Waals surface area contributed by atoms with Crippen LogP contribution in [0.25, 0.3) is 16.8 Å². The van der Waals surface area contributed by atoms with Crippen molar-refractivity contribution in [1.82, 2.24) is 0 Å². The lowest BCUT2D eigenvalue weighted by atomic mass is 9.99. The maximum absolute atomic E-state index is 8.58. The molecule has 1 fully saturated rings. The number of ether oxygens (including phenoxy) is 2. The zero-order chi connectivity index (χ0) is 24.5. The van der Waals surface area contributed by atoms with Gasteiger partial charge in [0, 0.05) is 45.0 Å². The molecule has 3 aromatic carbocycles. The van der Waals surface area contributed by atoms with Gasteiger partial charge in [0.05, 0.1) is 13.2 Å². The van der Waals surface area contributed by atoms with Gasteiger partial charge in [0.1, 0.15) is 11.9 Å². The van der Waals surface area contributed by atoms with Gasteiger partial charge in [-0.2, -0.15) is 0 Å². The molecule has 1 aliphatic rings. The number of carbonyl (C=O) groups is 1. The van der Waals surface area contributed by atoms with Crippen molar-refractivity contribution in [3.8, 4) is 16.9 Å². The molecular weight excluding hydrogens is 518 g/mol. The number of carbonyl (C=O) groups excluding carboxylic acids is 1. The van der Waals surface area contributed by atoms with Gasteiger partial charge < -0.3 is 26.3 Å². The molecule has 0 aromatic heterocycles. The van der Waals surface area contributed by atoms with Crippen LogP contribution in [0.5, 0.6) is 5.75 Å². The molecule has 1 saturated heterocycles. The number of benzene rings is 3. The second kappa shape index (κ2) is 12.6. The summed E-state index contributed by atoms with van der Waals surface area (Å²) in [5.41, 5.74) is 15.5. The number of nitrogens with one attached hydrogen (secondary N) is 1. The summed E-state index contributed by atoms with van der Waals surface area (Å²) in [6.45, 7) is 6.05. The van der Waals surface area contributed by atoms with Crippen LogP contribution in [0.15, 0.2) is 71.7 Å². The number of amides is 1. The van der Waals surface area contributed by atoms with E-state index >= 15 is 0 Å². The van der Waals surface area contributed by atoms with Crippen molar-refractivity contribution >= 4 is 45.3 Å². The molecule has 1 atom stereocenters. The van der Waals surface area contributed by atoms with Gasteiger partial charge in [0.2, 0.25) is 6.41 Å². The van der Waals surface area contributed by atoms with Crippen molar-refractivity contribution in [2.75, 3.05) is 18.5 Å². The number of halogens is 2. The minimum absolute atomic E-state index is 0.0363. The van der Waals surface area contributed by atoms with E-state index in [1.807, 2.05) is 54.6 Å². The standard InChI is InChI=1S/C25H24BrClN2O2.CH3NO/c1-16(29-20-6-4-19(26)5-7-20)22-13-18(23-12-17(14-28)2-8-24(23)27)3-9-25(22)31-21-10-11-30-15-21;2-1-3/h2-9,12-13,21,29H,1,10-11,14-15,28H2;1H,(H2,2,3). The molecular formula is C26H27BrClN3O3. The third-order valence-electron chi connectivity index (χ3n) is 5.20. The average Bonchev–Trinajstić information content (AvgIpc) is 3.35. The van der Waals surface area contributed by atoms with Gasteiger partial charge in [-0.15, -0.1) is 0 Å². The predicted molar refractivity (Wildman–Crippen MR) is 142 cm³/mol. The molecule has 1 aliphatic heterocycles. The molecule has 0 radical (unpaired) electrons. The summed E-state index contributed by atoms with van der Waals surface area (Å²) in [6.07, 6.45) is 1.16. The maximum atomic E-state index is 8.58. The Kier molecular flexibility index (Phi) is 9.53. The normalized spacial score (nSPS) is 14.6. The molecule has 1 amide bonds. The molecule has 0 spiro atoms. The molecule has 34 heavy (non-hydrogen) atoms. The summed E-state index contributed by atoms with van der Waals surface area (Å²) in [5.74, 6) is 0.764. The molecule has 0 aliphatic carbocycles. The van der Waals surface area contributed by atoms with Crippen molar-refractivity contribution < 1.29 is 14.3 Å². The number of rotatable bonds is 7. The summed E-state index contributed by atoms with van der Waals surface area (Å²) >= 11 is 9.98. The summed E-state index contributed by atoms with van der Waals surface area (Å²) in [7, 11) is 0. The van der Waals surface area contributed by atoms with Crippen molar-refractivity contribution in [3.05, 3.63) is 87.9 Å². The van der Waals surface area contributed by atoms with Gasteiger partial charge in [0.25, 0.3) is 0 Å². The van der Waals surface area contributed by atoms with Gasteiger partial charge in [-0.05, 0) is 59.7 Å². The minimum atomic E-state index is 0.0363. The molecule has 3 aromatic rings. The van der Waals surface area contributed by atoms with Gasteiger partial charge in [-0.25, -0.2) is 0 Å². The second-order valence-electron chi connectivity index (χ2n) is 7.58. The van der Waals surface area contributed by atoms with Gasteiger partial charge >= 0.3 is 0 Å². The Morgan fingerprint density at radius 2 is 1.94 bits per heavy atom. The van der Waals surface area contributed by atoms with E-state index in [-0.39, 0.29) is 12.5 Å². The van der Waals surface area contributed by atoms with E-state index in [0.717, 1.165) is 56.9 Å². The second-order valence-corrected chi connectivity index (χ2v) is 8.90. The number of nitrogens with two attached hydrogens (primary N) is 2. The number of hydrogen-bond acceptors (Lipinski definition) is 5. The summed E-state index contributed by atoms with van der Waals surface area (Å²) in [5, 5.41) is 4.06.